The molecule has 0 spiro atoms. The van der Waals surface area contributed by atoms with Gasteiger partial charge < -0.3 is 15.4 Å². The SMILES string of the molecule is CCOC(=O)c1c(NC(=O)CSc2nnc(SCC)s2)sc(C(=O)NC)c1C. The number of esters is 1. The number of ether oxygens (including phenoxy) is 1. The van der Waals surface area contributed by atoms with E-state index in [1.165, 1.54) is 30.1 Å². The van der Waals surface area contributed by atoms with Crippen molar-refractivity contribution in [2.75, 3.05) is 30.5 Å². The molecule has 2 aromatic rings. The predicted molar refractivity (Wildman–Crippen MR) is 114 cm³/mol. The molecule has 0 radical (unpaired) electrons. The minimum atomic E-state index is -0.570. The Kier molecular flexibility index (Phi) is 8.73. The number of amides is 2. The molecule has 0 aliphatic rings. The maximum Gasteiger partial charge on any atom is 0.341 e. The van der Waals surface area contributed by atoms with E-state index in [9.17, 15) is 14.4 Å². The second kappa shape index (κ2) is 10.8. The molecule has 2 aromatic heterocycles. The van der Waals surface area contributed by atoms with E-state index in [0.717, 1.165) is 21.4 Å². The van der Waals surface area contributed by atoms with Gasteiger partial charge in [0.15, 0.2) is 8.68 Å². The molecule has 0 atom stereocenters. The molecule has 0 fully saturated rings. The normalized spacial score (nSPS) is 10.6. The summed E-state index contributed by atoms with van der Waals surface area (Å²) in [5, 5.41) is 13.6. The van der Waals surface area contributed by atoms with E-state index in [1.54, 1.807) is 25.6 Å². The van der Waals surface area contributed by atoms with Crippen LogP contribution in [0, 0.1) is 6.92 Å². The Hall–Kier alpha value is -1.63. The number of rotatable bonds is 9. The Bertz CT molecular complexity index is 865. The average Bonchev–Trinajstić information content (AvgIpc) is 3.24. The lowest BCUT2D eigenvalue weighted by Gasteiger charge is -2.06. The highest BCUT2D eigenvalue weighted by Crippen LogP contribution is 2.34. The minimum absolute atomic E-state index is 0.111. The fourth-order valence-electron chi connectivity index (χ4n) is 2.11. The predicted octanol–water partition coefficient (Wildman–Crippen LogP) is 3.29. The van der Waals surface area contributed by atoms with Gasteiger partial charge in [-0.1, -0.05) is 41.8 Å². The van der Waals surface area contributed by atoms with E-state index in [4.69, 9.17) is 4.74 Å². The van der Waals surface area contributed by atoms with Crippen molar-refractivity contribution < 1.29 is 19.1 Å². The number of carbonyl (C=O) groups is 3. The summed E-state index contributed by atoms with van der Waals surface area (Å²) in [6.45, 7) is 5.58. The molecular weight excluding hydrogens is 440 g/mol. The van der Waals surface area contributed by atoms with Gasteiger partial charge in [-0.05, 0) is 25.2 Å². The highest BCUT2D eigenvalue weighted by Gasteiger charge is 2.26. The van der Waals surface area contributed by atoms with Gasteiger partial charge in [-0.3, -0.25) is 9.59 Å². The maximum atomic E-state index is 12.4. The number of aromatic nitrogens is 2. The van der Waals surface area contributed by atoms with Crippen LogP contribution in [0.3, 0.4) is 0 Å². The summed E-state index contributed by atoms with van der Waals surface area (Å²) in [5.41, 5.74) is 0.692. The highest BCUT2D eigenvalue weighted by atomic mass is 32.2. The smallest absolute Gasteiger partial charge is 0.341 e. The third-order valence-corrected chi connectivity index (χ3v) is 7.57. The van der Waals surface area contributed by atoms with Gasteiger partial charge in [0.25, 0.3) is 5.91 Å². The number of nitrogens with one attached hydrogen (secondary N) is 2. The largest absolute Gasteiger partial charge is 0.462 e. The number of hydrogen-bond acceptors (Lipinski definition) is 10. The Morgan fingerprint density at radius 1 is 1.11 bits per heavy atom. The molecule has 0 saturated carbocycles. The number of thioether (sulfide) groups is 2. The van der Waals surface area contributed by atoms with E-state index in [1.807, 2.05) is 6.92 Å². The lowest BCUT2D eigenvalue weighted by Crippen LogP contribution is -2.18. The third-order valence-electron chi connectivity index (χ3n) is 3.30. The summed E-state index contributed by atoms with van der Waals surface area (Å²) in [5.74, 6) is -0.181. The first-order valence-electron chi connectivity index (χ1n) is 8.32. The van der Waals surface area contributed by atoms with Crippen molar-refractivity contribution in [1.29, 1.82) is 0 Å². The fourth-order valence-corrected chi connectivity index (χ4v) is 5.98. The van der Waals surface area contributed by atoms with Crippen LogP contribution in [0.2, 0.25) is 0 Å². The van der Waals surface area contributed by atoms with Crippen molar-refractivity contribution in [3.8, 4) is 0 Å². The molecule has 0 saturated heterocycles. The Morgan fingerprint density at radius 2 is 1.79 bits per heavy atom. The fraction of sp³-hybridized carbons (Fsp3) is 0.438. The first kappa shape index (κ1) is 22.7. The van der Waals surface area contributed by atoms with Crippen LogP contribution < -0.4 is 10.6 Å². The number of thiophene rings is 1. The Balaban J connectivity index is 2.12. The van der Waals surface area contributed by atoms with Crippen LogP contribution in [0.1, 0.15) is 39.4 Å². The zero-order valence-electron chi connectivity index (χ0n) is 15.8. The van der Waals surface area contributed by atoms with Crippen molar-refractivity contribution in [3.05, 3.63) is 16.0 Å². The second-order valence-electron chi connectivity index (χ2n) is 5.16. The van der Waals surface area contributed by atoms with Crippen LogP contribution >= 0.6 is 46.2 Å². The van der Waals surface area contributed by atoms with Crippen molar-refractivity contribution >= 4 is 69.0 Å². The summed E-state index contributed by atoms with van der Waals surface area (Å²) in [4.78, 5) is 37.1. The number of carbonyl (C=O) groups excluding carboxylic acids is 3. The maximum absolute atomic E-state index is 12.4. The van der Waals surface area contributed by atoms with Crippen LogP contribution in [-0.2, 0) is 9.53 Å². The summed E-state index contributed by atoms with van der Waals surface area (Å²) < 4.78 is 6.63. The molecule has 0 aromatic carbocycles. The van der Waals surface area contributed by atoms with Gasteiger partial charge in [0.1, 0.15) is 5.00 Å². The van der Waals surface area contributed by atoms with Crippen LogP contribution in [0.5, 0.6) is 0 Å². The molecule has 28 heavy (non-hydrogen) atoms. The zero-order valence-corrected chi connectivity index (χ0v) is 19.0. The Morgan fingerprint density at radius 3 is 2.39 bits per heavy atom. The average molecular weight is 461 g/mol. The minimum Gasteiger partial charge on any atom is -0.462 e. The van der Waals surface area contributed by atoms with Gasteiger partial charge >= 0.3 is 5.97 Å². The van der Waals surface area contributed by atoms with Crippen molar-refractivity contribution in [2.24, 2.45) is 0 Å². The lowest BCUT2D eigenvalue weighted by molar-refractivity contribution is -0.113. The molecule has 0 aliphatic heterocycles. The first-order chi connectivity index (χ1) is 13.4. The van der Waals surface area contributed by atoms with Gasteiger partial charge in [-0.15, -0.1) is 21.5 Å². The molecule has 0 bridgehead atoms. The monoisotopic (exact) mass is 460 g/mol. The summed E-state index contributed by atoms with van der Waals surface area (Å²) >= 11 is 5.35. The van der Waals surface area contributed by atoms with E-state index < -0.39 is 5.97 Å². The standard InChI is InChI=1S/C16H20N4O4S4/c1-5-24-14(23)10-8(3)11(12(22)17-4)27-13(10)18-9(21)7-26-16-20-19-15(28-16)25-6-2/h5-7H2,1-4H3,(H,17,22)(H,18,21). The molecule has 152 valence electrons. The van der Waals surface area contributed by atoms with Gasteiger partial charge in [-0.2, -0.15) is 0 Å². The number of nitrogens with zero attached hydrogens (tertiary/aromatic N) is 2. The zero-order chi connectivity index (χ0) is 20.7. The lowest BCUT2D eigenvalue weighted by atomic mass is 10.1. The molecule has 8 nitrogen and oxygen atoms in total. The van der Waals surface area contributed by atoms with E-state index in [-0.39, 0.29) is 29.7 Å². The van der Waals surface area contributed by atoms with E-state index >= 15 is 0 Å². The van der Waals surface area contributed by atoms with Gasteiger partial charge in [0.05, 0.1) is 22.8 Å². The van der Waals surface area contributed by atoms with Gasteiger partial charge in [0, 0.05) is 7.05 Å². The quantitative estimate of drug-likeness (QED) is 0.433. The Labute approximate surface area is 179 Å². The second-order valence-corrected chi connectivity index (χ2v) is 9.90. The number of hydrogen-bond donors (Lipinski definition) is 2. The van der Waals surface area contributed by atoms with Crippen LogP contribution in [0.15, 0.2) is 8.68 Å². The first-order valence-corrected chi connectivity index (χ1v) is 11.9. The van der Waals surface area contributed by atoms with Crippen LogP contribution in [-0.4, -0.2) is 53.1 Å². The van der Waals surface area contributed by atoms with Crippen LogP contribution in [0.4, 0.5) is 5.00 Å². The summed E-state index contributed by atoms with van der Waals surface area (Å²) in [6, 6.07) is 0. The molecule has 2 amide bonds. The van der Waals surface area contributed by atoms with Crippen molar-refractivity contribution in [3.63, 3.8) is 0 Å². The van der Waals surface area contributed by atoms with Crippen molar-refractivity contribution in [1.82, 2.24) is 15.5 Å². The molecule has 2 rings (SSSR count). The number of anilines is 1. The van der Waals surface area contributed by atoms with Gasteiger partial charge in [0.2, 0.25) is 5.91 Å². The summed E-state index contributed by atoms with van der Waals surface area (Å²) in [6.07, 6.45) is 0. The van der Waals surface area contributed by atoms with E-state index in [0.29, 0.717) is 19.8 Å². The van der Waals surface area contributed by atoms with Crippen molar-refractivity contribution in [2.45, 2.75) is 29.5 Å². The topological polar surface area (TPSA) is 110 Å². The molecular formula is C16H20N4O4S4. The highest BCUT2D eigenvalue weighted by molar-refractivity contribution is 8.03. The van der Waals surface area contributed by atoms with E-state index in [2.05, 4.69) is 20.8 Å². The molecule has 12 heteroatoms. The van der Waals surface area contributed by atoms with Crippen LogP contribution in [0.25, 0.3) is 0 Å². The molecule has 0 unspecified atom stereocenters. The summed E-state index contributed by atoms with van der Waals surface area (Å²) in [7, 11) is 1.51. The molecule has 2 N–H and O–H groups in total. The molecule has 2 heterocycles. The molecule has 0 aliphatic carbocycles. The van der Waals surface area contributed by atoms with Gasteiger partial charge in [-0.25, -0.2) is 4.79 Å². The third kappa shape index (κ3) is 5.69.